The third kappa shape index (κ3) is 5.40. The van der Waals surface area contributed by atoms with E-state index < -0.39 is 30.5 Å². The van der Waals surface area contributed by atoms with Crippen LogP contribution in [0.15, 0.2) is 42.5 Å². The van der Waals surface area contributed by atoms with Gasteiger partial charge in [0.2, 0.25) is 6.10 Å². The number of rotatable bonds is 6. The number of benzene rings is 2. The lowest BCUT2D eigenvalue weighted by Gasteiger charge is -2.25. The zero-order valence-corrected chi connectivity index (χ0v) is 16.6. The summed E-state index contributed by atoms with van der Waals surface area (Å²) in [6.07, 6.45) is -0.964. The summed E-state index contributed by atoms with van der Waals surface area (Å²) in [5.41, 5.74) is 6.03. The molecule has 0 aromatic heterocycles. The Bertz CT molecular complexity index is 945. The van der Waals surface area contributed by atoms with Gasteiger partial charge in [-0.2, -0.15) is 0 Å². The van der Waals surface area contributed by atoms with Crippen LogP contribution in [0.2, 0.25) is 0 Å². The number of carbonyl (C=O) groups is 3. The Morgan fingerprint density at radius 1 is 1.10 bits per heavy atom. The van der Waals surface area contributed by atoms with Crippen molar-refractivity contribution in [1.82, 2.24) is 10.9 Å². The van der Waals surface area contributed by atoms with Crippen LogP contribution >= 0.6 is 0 Å². The SMILES string of the molecule is COc1ccc(C)cc1CC(=O)OCC(=O)NNC(=O)[C@H]1COc2ccccc2O1. The van der Waals surface area contributed by atoms with Crippen molar-refractivity contribution in [1.29, 1.82) is 0 Å². The van der Waals surface area contributed by atoms with Crippen molar-refractivity contribution in [2.45, 2.75) is 19.4 Å². The van der Waals surface area contributed by atoms with Gasteiger partial charge in [0.25, 0.3) is 11.8 Å². The van der Waals surface area contributed by atoms with Crippen molar-refractivity contribution in [3.8, 4) is 17.2 Å². The van der Waals surface area contributed by atoms with E-state index in [-0.39, 0.29) is 13.0 Å². The van der Waals surface area contributed by atoms with Crippen molar-refractivity contribution in [2.24, 2.45) is 0 Å². The van der Waals surface area contributed by atoms with Crippen molar-refractivity contribution in [3.05, 3.63) is 53.6 Å². The number of para-hydroxylation sites is 2. The summed E-state index contributed by atoms with van der Waals surface area (Å²) in [4.78, 5) is 36.0. The van der Waals surface area contributed by atoms with Gasteiger partial charge in [-0.05, 0) is 25.1 Å². The van der Waals surface area contributed by atoms with Crippen LogP contribution in [-0.2, 0) is 25.5 Å². The molecule has 2 N–H and O–H groups in total. The van der Waals surface area contributed by atoms with Crippen LogP contribution in [0.5, 0.6) is 17.2 Å². The summed E-state index contributed by atoms with van der Waals surface area (Å²) in [7, 11) is 1.51. The molecule has 1 heterocycles. The van der Waals surface area contributed by atoms with Gasteiger partial charge in [-0.15, -0.1) is 0 Å². The fourth-order valence-electron chi connectivity index (χ4n) is 2.79. The number of carbonyl (C=O) groups excluding carboxylic acids is 3. The summed E-state index contributed by atoms with van der Waals surface area (Å²) < 4.78 is 21.2. The molecule has 1 atom stereocenters. The molecule has 2 amide bonds. The number of methoxy groups -OCH3 is 1. The second-order valence-corrected chi connectivity index (χ2v) is 6.55. The first-order valence-electron chi connectivity index (χ1n) is 9.22. The number of hydrogen-bond acceptors (Lipinski definition) is 7. The van der Waals surface area contributed by atoms with E-state index in [2.05, 4.69) is 10.9 Å². The van der Waals surface area contributed by atoms with Crippen LogP contribution < -0.4 is 25.1 Å². The topological polar surface area (TPSA) is 112 Å². The van der Waals surface area contributed by atoms with Crippen LogP contribution in [0.3, 0.4) is 0 Å². The molecule has 30 heavy (non-hydrogen) atoms. The number of hydrazine groups is 1. The Hall–Kier alpha value is -3.75. The van der Waals surface area contributed by atoms with E-state index in [1.165, 1.54) is 7.11 Å². The van der Waals surface area contributed by atoms with Gasteiger partial charge >= 0.3 is 5.97 Å². The first-order chi connectivity index (χ1) is 14.5. The fraction of sp³-hybridized carbons (Fsp3) is 0.286. The van der Waals surface area contributed by atoms with Gasteiger partial charge in [-0.1, -0.05) is 29.8 Å². The van der Waals surface area contributed by atoms with E-state index in [9.17, 15) is 14.4 Å². The maximum atomic E-state index is 12.1. The minimum Gasteiger partial charge on any atom is -0.496 e. The minimum absolute atomic E-state index is 0.00598. The zero-order valence-electron chi connectivity index (χ0n) is 16.6. The smallest absolute Gasteiger partial charge is 0.310 e. The maximum Gasteiger partial charge on any atom is 0.310 e. The molecule has 0 aliphatic carbocycles. The molecule has 2 aromatic rings. The lowest BCUT2D eigenvalue weighted by atomic mass is 10.1. The molecule has 1 aliphatic rings. The third-order valence-electron chi connectivity index (χ3n) is 4.26. The number of nitrogens with one attached hydrogen (secondary N) is 2. The average molecular weight is 414 g/mol. The highest BCUT2D eigenvalue weighted by Gasteiger charge is 2.27. The Balaban J connectivity index is 1.41. The van der Waals surface area contributed by atoms with E-state index in [0.29, 0.717) is 22.8 Å². The summed E-state index contributed by atoms with van der Waals surface area (Å²) >= 11 is 0. The van der Waals surface area contributed by atoms with Crippen LogP contribution in [0.4, 0.5) is 0 Å². The normalized spacial score (nSPS) is 14.4. The highest BCUT2D eigenvalue weighted by Crippen LogP contribution is 2.30. The Labute approximate surface area is 173 Å². The summed E-state index contributed by atoms with van der Waals surface area (Å²) in [5, 5.41) is 0. The summed E-state index contributed by atoms with van der Waals surface area (Å²) in [6, 6.07) is 12.4. The molecule has 0 fully saturated rings. The Morgan fingerprint density at radius 3 is 2.63 bits per heavy atom. The lowest BCUT2D eigenvalue weighted by molar-refractivity contribution is -0.148. The second-order valence-electron chi connectivity index (χ2n) is 6.55. The standard InChI is InChI=1S/C21H22N2O7/c1-13-7-8-15(27-2)14(9-13)10-20(25)29-12-19(24)22-23-21(26)18-11-28-16-5-3-4-6-17(16)30-18/h3-9,18H,10-12H2,1-2H3,(H,22,24)(H,23,26)/t18-/m1/s1. The monoisotopic (exact) mass is 414 g/mol. The van der Waals surface area contributed by atoms with E-state index in [4.69, 9.17) is 18.9 Å². The molecule has 0 bridgehead atoms. The molecular weight excluding hydrogens is 392 g/mol. The number of amides is 2. The Kier molecular flexibility index (Phi) is 6.74. The molecule has 1 aliphatic heterocycles. The third-order valence-corrected chi connectivity index (χ3v) is 4.26. The predicted octanol–water partition coefficient (Wildman–Crippen LogP) is 1.08. The summed E-state index contributed by atoms with van der Waals surface area (Å²) in [5.74, 6) is -0.330. The second kappa shape index (κ2) is 9.64. The van der Waals surface area contributed by atoms with Gasteiger partial charge in [0, 0.05) is 5.56 Å². The van der Waals surface area contributed by atoms with Gasteiger partial charge in [0.05, 0.1) is 13.5 Å². The van der Waals surface area contributed by atoms with Crippen LogP contribution in [0.1, 0.15) is 11.1 Å². The molecular formula is C21H22N2O7. The van der Waals surface area contributed by atoms with Crippen LogP contribution in [0.25, 0.3) is 0 Å². The predicted molar refractivity (Wildman–Crippen MR) is 105 cm³/mol. The summed E-state index contributed by atoms with van der Waals surface area (Å²) in [6.45, 7) is 1.36. The van der Waals surface area contributed by atoms with Gasteiger partial charge < -0.3 is 18.9 Å². The maximum absolute atomic E-state index is 12.1. The van der Waals surface area contributed by atoms with Gasteiger partial charge in [-0.25, -0.2) is 0 Å². The highest BCUT2D eigenvalue weighted by molar-refractivity contribution is 5.86. The minimum atomic E-state index is -0.920. The molecule has 0 unspecified atom stereocenters. The largest absolute Gasteiger partial charge is 0.496 e. The first kappa shape index (κ1) is 21.0. The molecule has 0 saturated heterocycles. The van der Waals surface area contributed by atoms with Crippen LogP contribution in [-0.4, -0.2) is 44.2 Å². The average Bonchev–Trinajstić information content (AvgIpc) is 2.76. The van der Waals surface area contributed by atoms with Gasteiger partial charge in [0.1, 0.15) is 12.4 Å². The number of esters is 1. The van der Waals surface area contributed by atoms with E-state index in [0.717, 1.165) is 5.56 Å². The molecule has 0 radical (unpaired) electrons. The van der Waals surface area contributed by atoms with Gasteiger partial charge in [-0.3, -0.25) is 25.2 Å². The molecule has 9 nitrogen and oxygen atoms in total. The fourth-order valence-corrected chi connectivity index (χ4v) is 2.79. The van der Waals surface area contributed by atoms with Crippen molar-refractivity contribution >= 4 is 17.8 Å². The molecule has 9 heteroatoms. The van der Waals surface area contributed by atoms with E-state index in [1.54, 1.807) is 30.3 Å². The molecule has 158 valence electrons. The highest BCUT2D eigenvalue weighted by atomic mass is 16.6. The molecule has 0 spiro atoms. The van der Waals surface area contributed by atoms with Crippen molar-refractivity contribution < 1.29 is 33.3 Å². The van der Waals surface area contributed by atoms with E-state index >= 15 is 0 Å². The van der Waals surface area contributed by atoms with Crippen LogP contribution in [0, 0.1) is 6.92 Å². The molecule has 3 rings (SSSR count). The number of fused-ring (bicyclic) bond motifs is 1. The quantitative estimate of drug-likeness (QED) is 0.537. The molecule has 2 aromatic carbocycles. The first-order valence-corrected chi connectivity index (χ1v) is 9.22. The lowest BCUT2D eigenvalue weighted by Crippen LogP contribution is -2.51. The Morgan fingerprint density at radius 2 is 1.87 bits per heavy atom. The van der Waals surface area contributed by atoms with Gasteiger partial charge in [0.15, 0.2) is 18.1 Å². The molecule has 0 saturated carbocycles. The van der Waals surface area contributed by atoms with E-state index in [1.807, 2.05) is 19.1 Å². The number of aryl methyl sites for hydroxylation is 1. The number of hydrogen-bond donors (Lipinski definition) is 2. The van der Waals surface area contributed by atoms with Crippen molar-refractivity contribution in [2.75, 3.05) is 20.3 Å². The van der Waals surface area contributed by atoms with Crippen molar-refractivity contribution in [3.63, 3.8) is 0 Å². The number of ether oxygens (including phenoxy) is 4. The zero-order chi connectivity index (χ0) is 21.5.